The first kappa shape index (κ1) is 14.3. The number of esters is 1. The van der Waals surface area contributed by atoms with Crippen LogP contribution in [0.4, 0.5) is 0 Å². The Morgan fingerprint density at radius 2 is 1.68 bits per heavy atom. The van der Waals surface area contributed by atoms with Crippen molar-refractivity contribution >= 4 is 17.8 Å². The topological polar surface area (TPSA) is 26.3 Å². The summed E-state index contributed by atoms with van der Waals surface area (Å²) in [4.78, 5) is 12.0. The van der Waals surface area contributed by atoms with Crippen molar-refractivity contribution in [1.82, 2.24) is 0 Å². The molecule has 0 aromatic heterocycles. The number of cyclic esters (lactones) is 1. The molecule has 0 unspecified atom stereocenters. The molecule has 1 aliphatic heterocycles. The molecule has 0 bridgehead atoms. The van der Waals surface area contributed by atoms with Crippen molar-refractivity contribution < 1.29 is 9.53 Å². The Labute approximate surface area is 130 Å². The first-order valence-corrected chi connectivity index (χ1v) is 7.47. The van der Waals surface area contributed by atoms with E-state index in [0.717, 1.165) is 17.5 Å². The van der Waals surface area contributed by atoms with Crippen LogP contribution >= 0.6 is 0 Å². The van der Waals surface area contributed by atoms with Crippen molar-refractivity contribution in [3.05, 3.63) is 82.4 Å². The monoisotopic (exact) mass is 290 g/mol. The van der Waals surface area contributed by atoms with Crippen LogP contribution in [0.5, 0.6) is 0 Å². The second-order valence-electron chi connectivity index (χ2n) is 5.46. The maximum absolute atomic E-state index is 12.0. The summed E-state index contributed by atoms with van der Waals surface area (Å²) in [5.41, 5.74) is 4.97. The zero-order valence-electron chi connectivity index (χ0n) is 12.8. The summed E-state index contributed by atoms with van der Waals surface area (Å²) in [6, 6.07) is 16.2. The molecule has 0 fully saturated rings. The van der Waals surface area contributed by atoms with E-state index in [1.165, 1.54) is 11.1 Å². The number of aryl methyl sites for hydroxylation is 2. The quantitative estimate of drug-likeness (QED) is 0.613. The fourth-order valence-corrected chi connectivity index (χ4v) is 2.38. The highest BCUT2D eigenvalue weighted by Crippen LogP contribution is 2.27. The van der Waals surface area contributed by atoms with Gasteiger partial charge in [0.05, 0.1) is 5.57 Å². The molecule has 2 heteroatoms. The van der Waals surface area contributed by atoms with Crippen molar-refractivity contribution in [3.8, 4) is 0 Å². The van der Waals surface area contributed by atoms with Crippen LogP contribution in [0.15, 0.2) is 60.2 Å². The van der Waals surface area contributed by atoms with Gasteiger partial charge in [-0.05, 0) is 36.6 Å². The normalized spacial score (nSPS) is 15.8. The van der Waals surface area contributed by atoms with Gasteiger partial charge >= 0.3 is 5.97 Å². The van der Waals surface area contributed by atoms with Crippen molar-refractivity contribution in [2.24, 2.45) is 0 Å². The predicted molar refractivity (Wildman–Crippen MR) is 89.0 cm³/mol. The van der Waals surface area contributed by atoms with Crippen LogP contribution in [0.25, 0.3) is 11.8 Å². The summed E-state index contributed by atoms with van der Waals surface area (Å²) >= 11 is 0. The molecular formula is C20H18O2. The fraction of sp³-hybridized carbons (Fsp3) is 0.150. The molecule has 0 N–H and O–H groups in total. The van der Waals surface area contributed by atoms with E-state index in [1.54, 1.807) is 0 Å². The Balaban J connectivity index is 1.88. The molecule has 22 heavy (non-hydrogen) atoms. The van der Waals surface area contributed by atoms with Gasteiger partial charge in [-0.15, -0.1) is 0 Å². The van der Waals surface area contributed by atoms with Gasteiger partial charge in [-0.1, -0.05) is 61.0 Å². The molecular weight excluding hydrogens is 272 g/mol. The third-order valence-electron chi connectivity index (χ3n) is 3.77. The minimum Gasteiger partial charge on any atom is -0.422 e. The van der Waals surface area contributed by atoms with Crippen LogP contribution in [0, 0.1) is 6.92 Å². The largest absolute Gasteiger partial charge is 0.422 e. The van der Waals surface area contributed by atoms with Crippen LogP contribution < -0.4 is 0 Å². The standard InChI is InChI=1S/C20H18O2/c1-3-15-8-10-17(11-9-15)19-13-18(20(21)22-19)12-16-6-4-14(2)5-7-16/h4-13H,3H2,1-2H3/b18-12+. The molecule has 1 heterocycles. The van der Waals surface area contributed by atoms with E-state index >= 15 is 0 Å². The molecule has 0 amide bonds. The van der Waals surface area contributed by atoms with Gasteiger partial charge in [-0.3, -0.25) is 0 Å². The van der Waals surface area contributed by atoms with Gasteiger partial charge in [0.25, 0.3) is 0 Å². The predicted octanol–water partition coefficient (Wildman–Crippen LogP) is 4.54. The maximum Gasteiger partial charge on any atom is 0.343 e. The molecule has 0 saturated carbocycles. The van der Waals surface area contributed by atoms with E-state index in [1.807, 2.05) is 55.5 Å². The molecule has 1 aliphatic rings. The van der Waals surface area contributed by atoms with Gasteiger partial charge in [0.2, 0.25) is 0 Å². The van der Waals surface area contributed by atoms with Crippen LogP contribution in [0.1, 0.15) is 29.2 Å². The number of hydrogen-bond donors (Lipinski definition) is 0. The van der Waals surface area contributed by atoms with Crippen molar-refractivity contribution in [2.45, 2.75) is 20.3 Å². The Hall–Kier alpha value is -2.61. The van der Waals surface area contributed by atoms with Gasteiger partial charge in [-0.25, -0.2) is 4.79 Å². The van der Waals surface area contributed by atoms with E-state index in [0.29, 0.717) is 11.3 Å². The van der Waals surface area contributed by atoms with E-state index in [-0.39, 0.29) is 5.97 Å². The lowest BCUT2D eigenvalue weighted by Gasteiger charge is -2.02. The highest BCUT2D eigenvalue weighted by atomic mass is 16.5. The fourth-order valence-electron chi connectivity index (χ4n) is 2.38. The lowest BCUT2D eigenvalue weighted by molar-refractivity contribution is -0.130. The van der Waals surface area contributed by atoms with Crippen molar-refractivity contribution in [2.75, 3.05) is 0 Å². The molecule has 0 radical (unpaired) electrons. The minimum absolute atomic E-state index is 0.296. The second-order valence-corrected chi connectivity index (χ2v) is 5.46. The zero-order chi connectivity index (χ0) is 15.5. The lowest BCUT2D eigenvalue weighted by atomic mass is 10.1. The molecule has 0 spiro atoms. The molecule has 2 aromatic carbocycles. The number of benzene rings is 2. The van der Waals surface area contributed by atoms with Gasteiger partial charge < -0.3 is 4.74 Å². The summed E-state index contributed by atoms with van der Waals surface area (Å²) in [6.07, 6.45) is 4.66. The Bertz CT molecular complexity index is 747. The number of hydrogen-bond acceptors (Lipinski definition) is 2. The number of carbonyl (C=O) groups is 1. The zero-order valence-corrected chi connectivity index (χ0v) is 12.8. The van der Waals surface area contributed by atoms with Crippen molar-refractivity contribution in [1.29, 1.82) is 0 Å². The first-order valence-electron chi connectivity index (χ1n) is 7.47. The summed E-state index contributed by atoms with van der Waals surface area (Å²) < 4.78 is 5.38. The second kappa shape index (κ2) is 6.02. The van der Waals surface area contributed by atoms with Crippen LogP contribution in [0.2, 0.25) is 0 Å². The highest BCUT2D eigenvalue weighted by molar-refractivity contribution is 6.05. The molecule has 110 valence electrons. The Morgan fingerprint density at radius 3 is 2.32 bits per heavy atom. The third-order valence-corrected chi connectivity index (χ3v) is 3.77. The van der Waals surface area contributed by atoms with E-state index in [4.69, 9.17) is 4.74 Å². The average molecular weight is 290 g/mol. The number of carbonyl (C=O) groups excluding carboxylic acids is 1. The maximum atomic E-state index is 12.0. The van der Waals surface area contributed by atoms with Crippen LogP contribution in [-0.4, -0.2) is 5.97 Å². The molecule has 0 atom stereocenters. The summed E-state index contributed by atoms with van der Waals surface area (Å²) in [5, 5.41) is 0. The number of rotatable bonds is 3. The molecule has 2 nitrogen and oxygen atoms in total. The molecule has 2 aromatic rings. The summed E-state index contributed by atoms with van der Waals surface area (Å²) in [5.74, 6) is 0.321. The average Bonchev–Trinajstić information content (AvgIpc) is 2.91. The third kappa shape index (κ3) is 3.01. The lowest BCUT2D eigenvalue weighted by Crippen LogP contribution is -1.97. The Morgan fingerprint density at radius 1 is 1.00 bits per heavy atom. The van der Waals surface area contributed by atoms with Crippen LogP contribution in [0.3, 0.4) is 0 Å². The summed E-state index contributed by atoms with van der Waals surface area (Å²) in [7, 11) is 0. The summed E-state index contributed by atoms with van der Waals surface area (Å²) in [6.45, 7) is 4.16. The van der Waals surface area contributed by atoms with Gasteiger partial charge in [-0.2, -0.15) is 0 Å². The highest BCUT2D eigenvalue weighted by Gasteiger charge is 2.21. The van der Waals surface area contributed by atoms with Gasteiger partial charge in [0.1, 0.15) is 5.76 Å². The van der Waals surface area contributed by atoms with Crippen LogP contribution in [-0.2, 0) is 16.0 Å². The minimum atomic E-state index is -0.296. The van der Waals surface area contributed by atoms with Crippen molar-refractivity contribution in [3.63, 3.8) is 0 Å². The molecule has 3 rings (SSSR count). The number of ether oxygens (including phenoxy) is 1. The SMILES string of the molecule is CCc1ccc(C2=C/C(=C\c3ccc(C)cc3)C(=O)O2)cc1. The molecule has 0 saturated heterocycles. The smallest absolute Gasteiger partial charge is 0.343 e. The first-order chi connectivity index (χ1) is 10.7. The Kier molecular flexibility index (Phi) is 3.92. The molecule has 0 aliphatic carbocycles. The van der Waals surface area contributed by atoms with Gasteiger partial charge in [0.15, 0.2) is 0 Å². The van der Waals surface area contributed by atoms with E-state index in [9.17, 15) is 4.79 Å². The van der Waals surface area contributed by atoms with E-state index in [2.05, 4.69) is 19.1 Å². The van der Waals surface area contributed by atoms with Gasteiger partial charge in [0, 0.05) is 5.56 Å². The van der Waals surface area contributed by atoms with E-state index < -0.39 is 0 Å².